The van der Waals surface area contributed by atoms with Gasteiger partial charge in [0.2, 0.25) is 0 Å². The fraction of sp³-hybridized carbons (Fsp3) is 0.553. The molecule has 0 spiro atoms. The minimum atomic E-state index is -4.41. The van der Waals surface area contributed by atoms with E-state index in [1.807, 2.05) is 13.8 Å². The number of ether oxygens (including phenoxy) is 3. The molecule has 0 aliphatic heterocycles. The van der Waals surface area contributed by atoms with Gasteiger partial charge in [0.05, 0.1) is 17.6 Å². The van der Waals surface area contributed by atoms with Gasteiger partial charge in [0.15, 0.2) is 19.0 Å². The molecule has 1 aliphatic rings. The highest BCUT2D eigenvalue weighted by molar-refractivity contribution is 6.23. The number of allylic oxidation sites excluding steroid dienone is 2. The van der Waals surface area contributed by atoms with Gasteiger partial charge in [-0.1, -0.05) is 13.8 Å². The fourth-order valence-electron chi connectivity index (χ4n) is 5.61. The normalized spacial score (nSPS) is 14.8. The molecule has 7 nitrogen and oxygen atoms in total. The van der Waals surface area contributed by atoms with Crippen LogP contribution >= 0.6 is 0 Å². The summed E-state index contributed by atoms with van der Waals surface area (Å²) in [6.45, 7) is 13.3. The average Bonchev–Trinajstić information content (AvgIpc) is 2.99. The van der Waals surface area contributed by atoms with E-state index in [-0.39, 0.29) is 59.8 Å². The first-order valence-corrected chi connectivity index (χ1v) is 16.5. The quantitative estimate of drug-likeness (QED) is 0.172. The molecule has 284 valence electrons. The molecule has 0 aromatic heterocycles. The molecule has 0 bridgehead atoms. The van der Waals surface area contributed by atoms with Crippen LogP contribution in [-0.4, -0.2) is 54.8 Å². The lowest BCUT2D eigenvalue weighted by molar-refractivity contribution is -0.154. The molecule has 0 amide bonds. The predicted molar refractivity (Wildman–Crippen MR) is 181 cm³/mol. The number of aliphatic hydroxyl groups excluding tert-OH is 1. The molecular weight excluding hydrogens is 682 g/mol. The Morgan fingerprint density at radius 1 is 0.824 bits per heavy atom. The number of ketones is 2. The largest absolute Gasteiger partial charge is 0.511 e. The molecule has 0 unspecified atom stereocenters. The molecule has 2 aromatic carbocycles. The number of alkyl halides is 6. The zero-order valence-corrected chi connectivity index (χ0v) is 30.6. The number of hydrogen-bond acceptors (Lipinski definition) is 7. The van der Waals surface area contributed by atoms with E-state index in [4.69, 9.17) is 14.2 Å². The van der Waals surface area contributed by atoms with Crippen molar-refractivity contribution in [1.29, 1.82) is 0 Å². The second-order valence-corrected chi connectivity index (χ2v) is 14.1. The van der Waals surface area contributed by atoms with E-state index in [9.17, 15) is 45.8 Å². The number of halogens is 6. The highest BCUT2D eigenvalue weighted by Gasteiger charge is 2.36. The van der Waals surface area contributed by atoms with Crippen LogP contribution in [0.1, 0.15) is 93.7 Å². The van der Waals surface area contributed by atoms with Gasteiger partial charge in [0.1, 0.15) is 23.0 Å². The Labute approximate surface area is 295 Å². The molecule has 1 N–H and O–H groups in total. The topological polar surface area (TPSA) is 99.1 Å². The Morgan fingerprint density at radius 3 is 1.71 bits per heavy atom. The van der Waals surface area contributed by atoms with Gasteiger partial charge in [-0.2, -0.15) is 26.3 Å². The summed E-state index contributed by atoms with van der Waals surface area (Å²) in [5, 5.41) is 10.5. The molecule has 0 fully saturated rings. The number of hydrogen-bond donors (Lipinski definition) is 1. The molecule has 0 saturated heterocycles. The van der Waals surface area contributed by atoms with Gasteiger partial charge in [0.25, 0.3) is 0 Å². The minimum Gasteiger partial charge on any atom is -0.511 e. The van der Waals surface area contributed by atoms with Crippen LogP contribution in [0.2, 0.25) is 0 Å². The smallest absolute Gasteiger partial charge is 0.422 e. The van der Waals surface area contributed by atoms with E-state index >= 15 is 0 Å². The van der Waals surface area contributed by atoms with Crippen molar-refractivity contribution in [3.8, 4) is 11.5 Å². The molecule has 51 heavy (non-hydrogen) atoms. The summed E-state index contributed by atoms with van der Waals surface area (Å²) in [4.78, 5) is 36.6. The molecule has 1 aliphatic carbocycles. The van der Waals surface area contributed by atoms with Crippen molar-refractivity contribution in [2.75, 3.05) is 19.8 Å². The lowest BCUT2D eigenvalue weighted by Gasteiger charge is -2.31. The number of aryl methyl sites for hydroxylation is 4. The van der Waals surface area contributed by atoms with Crippen molar-refractivity contribution in [2.24, 2.45) is 10.8 Å². The Bertz CT molecular complexity index is 1570. The van der Waals surface area contributed by atoms with Crippen LogP contribution in [0.3, 0.4) is 0 Å². The van der Waals surface area contributed by atoms with Gasteiger partial charge in [-0.15, -0.1) is 0 Å². The number of rotatable bonds is 12. The lowest BCUT2D eigenvalue weighted by atomic mass is 9.74. The molecule has 0 heterocycles. The molecule has 13 heteroatoms. The van der Waals surface area contributed by atoms with E-state index in [1.54, 1.807) is 48.5 Å². The third-order valence-corrected chi connectivity index (χ3v) is 8.60. The van der Waals surface area contributed by atoms with E-state index in [0.717, 1.165) is 5.56 Å². The summed E-state index contributed by atoms with van der Waals surface area (Å²) in [5.74, 6) is -0.273. The summed E-state index contributed by atoms with van der Waals surface area (Å²) in [5.41, 5.74) is 2.95. The van der Waals surface area contributed by atoms with Gasteiger partial charge in [-0.25, -0.2) is 0 Å². The monoisotopic (exact) mass is 730 g/mol. The second kappa shape index (κ2) is 17.0. The highest BCUT2D eigenvalue weighted by atomic mass is 19.4. The first-order chi connectivity index (χ1) is 23.3. The van der Waals surface area contributed by atoms with Crippen molar-refractivity contribution >= 4 is 23.1 Å². The van der Waals surface area contributed by atoms with Gasteiger partial charge in [-0.3, -0.25) is 14.4 Å². The van der Waals surface area contributed by atoms with E-state index in [1.165, 1.54) is 24.3 Å². The van der Waals surface area contributed by atoms with Gasteiger partial charge < -0.3 is 19.3 Å². The number of Topliss-reactive ketones (excluding diaryl/α,β-unsaturated/α-hetero) is 2. The van der Waals surface area contributed by atoms with Crippen LogP contribution in [0.5, 0.6) is 11.5 Å². The lowest BCUT2D eigenvalue weighted by Crippen LogP contribution is -2.27. The second-order valence-electron chi connectivity index (χ2n) is 14.1. The molecule has 0 radical (unpaired) electrons. The summed E-state index contributed by atoms with van der Waals surface area (Å²) in [7, 11) is 0. The van der Waals surface area contributed by atoms with Crippen LogP contribution in [0.25, 0.3) is 5.57 Å². The maximum atomic E-state index is 12.4. The number of esters is 1. The fourth-order valence-corrected chi connectivity index (χ4v) is 5.61. The van der Waals surface area contributed by atoms with Crippen molar-refractivity contribution in [3.63, 3.8) is 0 Å². The van der Waals surface area contributed by atoms with Crippen LogP contribution in [0, 0.1) is 38.5 Å². The third kappa shape index (κ3) is 12.9. The first-order valence-electron chi connectivity index (χ1n) is 16.5. The van der Waals surface area contributed by atoms with Gasteiger partial charge >= 0.3 is 18.3 Å². The summed E-state index contributed by atoms with van der Waals surface area (Å²) >= 11 is 0. The Kier molecular flexibility index (Phi) is 14.4. The minimum absolute atomic E-state index is 0.0360. The molecule has 2 aromatic rings. The Hall–Kier alpha value is -4.03. The predicted octanol–water partition coefficient (Wildman–Crippen LogP) is 9.63. The Balaban J connectivity index is 0.000000355. The number of benzene rings is 2. The van der Waals surface area contributed by atoms with E-state index in [2.05, 4.69) is 0 Å². The highest BCUT2D eigenvalue weighted by Crippen LogP contribution is 2.43. The summed E-state index contributed by atoms with van der Waals surface area (Å²) in [6.07, 6.45) is -7.17. The van der Waals surface area contributed by atoms with Crippen molar-refractivity contribution in [1.82, 2.24) is 0 Å². The average molecular weight is 731 g/mol. The van der Waals surface area contributed by atoms with Crippen LogP contribution in [0.4, 0.5) is 26.3 Å². The van der Waals surface area contributed by atoms with Crippen molar-refractivity contribution in [2.45, 2.75) is 107 Å². The van der Waals surface area contributed by atoms with Crippen molar-refractivity contribution in [3.05, 3.63) is 63.4 Å². The SMILES string of the molecule is CCOC(=O)C(C)(C)CCC(=O)Cc1c(C)cc(OCC(F)(F)F)cc1C.Cc1cc(OCC(F)(F)F)cc(C)c1C1=C(O)C(C)(C)CCC1=O. The summed E-state index contributed by atoms with van der Waals surface area (Å²) < 4.78 is 88.3. The van der Waals surface area contributed by atoms with Crippen molar-refractivity contribution < 1.29 is 60.0 Å². The zero-order chi connectivity index (χ0) is 39.1. The standard InChI is InChI=1S/C20H27F3O4.C18H21F3O3/c1-6-26-18(25)19(4,5)8-7-15(24)11-17-13(2)9-16(10-14(17)3)27-12-20(21,22)23;1-10-7-12(24-9-18(19,20)21)8-11(2)14(10)15-13(22)5-6-17(3,4)16(15)23/h9-10H,6-8,11-12H2,1-5H3;7-8,23H,5-6,9H2,1-4H3. The maximum Gasteiger partial charge on any atom is 0.422 e. The van der Waals surface area contributed by atoms with Gasteiger partial charge in [0, 0.05) is 24.7 Å². The summed E-state index contributed by atoms with van der Waals surface area (Å²) in [6, 6.07) is 5.93. The van der Waals surface area contributed by atoms with Gasteiger partial charge in [-0.05, 0) is 119 Å². The molecule has 0 atom stereocenters. The van der Waals surface area contributed by atoms with E-state index < -0.39 is 36.4 Å². The third-order valence-electron chi connectivity index (χ3n) is 8.60. The van der Waals surface area contributed by atoms with Crippen LogP contribution < -0.4 is 9.47 Å². The van der Waals surface area contributed by atoms with E-state index in [0.29, 0.717) is 47.1 Å². The van der Waals surface area contributed by atoms with Crippen LogP contribution in [0.15, 0.2) is 30.0 Å². The molecular formula is C38H48F6O7. The number of carbonyl (C=O) groups is 3. The Morgan fingerprint density at radius 2 is 1.27 bits per heavy atom. The molecule has 0 saturated carbocycles. The number of carbonyl (C=O) groups excluding carboxylic acids is 3. The van der Waals surface area contributed by atoms with Crippen LogP contribution in [-0.2, 0) is 25.5 Å². The molecule has 3 rings (SSSR count). The zero-order valence-electron chi connectivity index (χ0n) is 30.6. The maximum absolute atomic E-state index is 12.4. The number of aliphatic hydroxyl groups is 1. The first kappa shape index (κ1) is 43.1.